The van der Waals surface area contributed by atoms with Gasteiger partial charge in [-0.15, -0.1) is 0 Å². The van der Waals surface area contributed by atoms with Gasteiger partial charge in [-0.25, -0.2) is 4.39 Å². The average Bonchev–Trinajstić information content (AvgIpc) is 2.47. The second-order valence-corrected chi connectivity index (χ2v) is 5.03. The molecular weight excluding hydrogens is 291 g/mol. The minimum absolute atomic E-state index is 0.0999. The van der Waals surface area contributed by atoms with Gasteiger partial charge in [-0.05, 0) is 42.3 Å². The zero-order valence-electron chi connectivity index (χ0n) is 11.4. The maximum atomic E-state index is 12.7. The highest BCUT2D eigenvalue weighted by molar-refractivity contribution is 6.30. The van der Waals surface area contributed by atoms with Crippen molar-refractivity contribution in [3.05, 3.63) is 64.9 Å². The van der Waals surface area contributed by atoms with Gasteiger partial charge in [0.05, 0.1) is 6.54 Å². The Bertz CT molecular complexity index is 601. The number of rotatable bonds is 6. The molecule has 0 aliphatic carbocycles. The van der Waals surface area contributed by atoms with Crippen molar-refractivity contribution in [2.45, 2.75) is 6.42 Å². The van der Waals surface area contributed by atoms with Crippen molar-refractivity contribution in [3.8, 4) is 0 Å². The molecule has 0 fully saturated rings. The molecule has 2 N–H and O–H groups in total. The molecular formula is C16H16ClFN2O. The zero-order chi connectivity index (χ0) is 15.1. The van der Waals surface area contributed by atoms with Gasteiger partial charge in [-0.1, -0.05) is 29.8 Å². The van der Waals surface area contributed by atoms with Gasteiger partial charge in [0.2, 0.25) is 5.91 Å². The number of anilines is 1. The minimum Gasteiger partial charge on any atom is -0.376 e. The first-order chi connectivity index (χ1) is 10.1. The van der Waals surface area contributed by atoms with E-state index in [-0.39, 0.29) is 18.3 Å². The lowest BCUT2D eigenvalue weighted by Crippen LogP contribution is -2.31. The lowest BCUT2D eigenvalue weighted by Gasteiger charge is -2.08. The summed E-state index contributed by atoms with van der Waals surface area (Å²) < 4.78 is 12.7. The van der Waals surface area contributed by atoms with Crippen molar-refractivity contribution in [3.63, 3.8) is 0 Å². The van der Waals surface area contributed by atoms with E-state index in [9.17, 15) is 9.18 Å². The van der Waals surface area contributed by atoms with Gasteiger partial charge in [0.1, 0.15) is 5.82 Å². The van der Waals surface area contributed by atoms with Crippen LogP contribution in [0, 0.1) is 5.82 Å². The molecule has 0 spiro atoms. The fourth-order valence-corrected chi connectivity index (χ4v) is 2.03. The molecule has 1 amide bonds. The van der Waals surface area contributed by atoms with Crippen molar-refractivity contribution < 1.29 is 9.18 Å². The second kappa shape index (κ2) is 7.64. The van der Waals surface area contributed by atoms with E-state index in [1.54, 1.807) is 24.3 Å². The molecule has 2 aromatic rings. The Morgan fingerprint density at radius 1 is 1.14 bits per heavy atom. The molecule has 0 unspecified atom stereocenters. The first kappa shape index (κ1) is 15.3. The highest BCUT2D eigenvalue weighted by atomic mass is 35.5. The number of benzene rings is 2. The van der Waals surface area contributed by atoms with Gasteiger partial charge in [0.15, 0.2) is 0 Å². The Morgan fingerprint density at radius 2 is 1.90 bits per heavy atom. The van der Waals surface area contributed by atoms with Gasteiger partial charge >= 0.3 is 0 Å². The maximum Gasteiger partial charge on any atom is 0.239 e. The molecule has 0 aliphatic heterocycles. The summed E-state index contributed by atoms with van der Waals surface area (Å²) in [5, 5.41) is 6.42. The van der Waals surface area contributed by atoms with Gasteiger partial charge in [0.25, 0.3) is 0 Å². The van der Waals surface area contributed by atoms with E-state index in [4.69, 9.17) is 11.6 Å². The monoisotopic (exact) mass is 306 g/mol. The molecule has 0 aliphatic rings. The molecule has 0 atom stereocenters. The van der Waals surface area contributed by atoms with Crippen LogP contribution in [0.4, 0.5) is 10.1 Å². The quantitative estimate of drug-likeness (QED) is 0.860. The highest BCUT2D eigenvalue weighted by Gasteiger charge is 2.01. The smallest absolute Gasteiger partial charge is 0.239 e. The van der Waals surface area contributed by atoms with Crippen LogP contribution in [-0.4, -0.2) is 19.0 Å². The maximum absolute atomic E-state index is 12.7. The van der Waals surface area contributed by atoms with E-state index >= 15 is 0 Å². The molecule has 2 rings (SSSR count). The number of carbonyl (C=O) groups excluding carboxylic acids is 1. The first-order valence-electron chi connectivity index (χ1n) is 6.64. The van der Waals surface area contributed by atoms with E-state index in [0.717, 1.165) is 11.3 Å². The molecule has 0 saturated carbocycles. The third-order valence-corrected chi connectivity index (χ3v) is 3.16. The van der Waals surface area contributed by atoms with Crippen molar-refractivity contribution >= 4 is 23.2 Å². The number of halogens is 2. The largest absolute Gasteiger partial charge is 0.376 e. The number of amides is 1. The Morgan fingerprint density at radius 3 is 2.62 bits per heavy atom. The van der Waals surface area contributed by atoms with Crippen LogP contribution in [0.25, 0.3) is 0 Å². The molecule has 0 aromatic heterocycles. The Hall–Kier alpha value is -2.07. The topological polar surface area (TPSA) is 41.1 Å². The zero-order valence-corrected chi connectivity index (χ0v) is 12.2. The van der Waals surface area contributed by atoms with Crippen molar-refractivity contribution in [2.24, 2.45) is 0 Å². The predicted octanol–water partition coefficient (Wildman–Crippen LogP) is 3.25. The summed E-state index contributed by atoms with van der Waals surface area (Å²) in [4.78, 5) is 11.7. The predicted molar refractivity (Wildman–Crippen MR) is 83.1 cm³/mol. The molecule has 0 saturated heterocycles. The fraction of sp³-hybridized carbons (Fsp3) is 0.188. The minimum atomic E-state index is -0.256. The summed E-state index contributed by atoms with van der Waals surface area (Å²) in [7, 11) is 0. The number of hydrogen-bond acceptors (Lipinski definition) is 2. The van der Waals surface area contributed by atoms with Crippen LogP contribution in [0.15, 0.2) is 48.5 Å². The SMILES string of the molecule is O=C(CNc1cccc(Cl)c1)NCCc1ccc(F)cc1. The molecule has 0 radical (unpaired) electrons. The summed E-state index contributed by atoms with van der Waals surface area (Å²) in [6.45, 7) is 0.700. The van der Waals surface area contributed by atoms with Crippen LogP contribution in [-0.2, 0) is 11.2 Å². The van der Waals surface area contributed by atoms with Crippen LogP contribution >= 0.6 is 11.6 Å². The molecule has 21 heavy (non-hydrogen) atoms. The molecule has 0 heterocycles. The third kappa shape index (κ3) is 5.44. The Balaban J connectivity index is 1.69. The van der Waals surface area contributed by atoms with E-state index in [0.29, 0.717) is 18.0 Å². The van der Waals surface area contributed by atoms with Crippen molar-refractivity contribution in [1.82, 2.24) is 5.32 Å². The van der Waals surface area contributed by atoms with Crippen LogP contribution < -0.4 is 10.6 Å². The van der Waals surface area contributed by atoms with Gasteiger partial charge in [0, 0.05) is 17.3 Å². The molecule has 3 nitrogen and oxygen atoms in total. The van der Waals surface area contributed by atoms with Crippen LogP contribution in [0.5, 0.6) is 0 Å². The summed E-state index contributed by atoms with van der Waals surface area (Å²) in [5.74, 6) is -0.356. The van der Waals surface area contributed by atoms with E-state index in [1.165, 1.54) is 12.1 Å². The second-order valence-electron chi connectivity index (χ2n) is 4.59. The summed E-state index contributed by atoms with van der Waals surface area (Å²) >= 11 is 5.86. The van der Waals surface area contributed by atoms with Gasteiger partial charge < -0.3 is 10.6 Å². The molecule has 110 valence electrons. The molecule has 2 aromatic carbocycles. The van der Waals surface area contributed by atoms with Gasteiger partial charge in [-0.2, -0.15) is 0 Å². The summed E-state index contributed by atoms with van der Waals surface area (Å²) in [6.07, 6.45) is 0.670. The van der Waals surface area contributed by atoms with Crippen molar-refractivity contribution in [2.75, 3.05) is 18.4 Å². The molecule has 5 heteroatoms. The third-order valence-electron chi connectivity index (χ3n) is 2.93. The summed E-state index contributed by atoms with van der Waals surface area (Å²) in [5.41, 5.74) is 1.79. The normalized spacial score (nSPS) is 10.2. The van der Waals surface area contributed by atoms with E-state index in [1.807, 2.05) is 12.1 Å². The number of hydrogen-bond donors (Lipinski definition) is 2. The lowest BCUT2D eigenvalue weighted by atomic mass is 10.1. The van der Waals surface area contributed by atoms with E-state index < -0.39 is 0 Å². The van der Waals surface area contributed by atoms with Crippen LogP contribution in [0.2, 0.25) is 5.02 Å². The molecule has 0 bridgehead atoms. The number of nitrogens with one attached hydrogen (secondary N) is 2. The Kier molecular flexibility index (Phi) is 5.58. The first-order valence-corrected chi connectivity index (χ1v) is 7.02. The number of carbonyl (C=O) groups is 1. The average molecular weight is 307 g/mol. The van der Waals surface area contributed by atoms with Crippen molar-refractivity contribution in [1.29, 1.82) is 0 Å². The highest BCUT2D eigenvalue weighted by Crippen LogP contribution is 2.14. The van der Waals surface area contributed by atoms with E-state index in [2.05, 4.69) is 10.6 Å². The van der Waals surface area contributed by atoms with Crippen LogP contribution in [0.3, 0.4) is 0 Å². The standard InChI is InChI=1S/C16H16ClFN2O/c17-13-2-1-3-15(10-13)20-11-16(21)19-9-8-12-4-6-14(18)7-5-12/h1-7,10,20H,8-9,11H2,(H,19,21). The fourth-order valence-electron chi connectivity index (χ4n) is 1.84. The lowest BCUT2D eigenvalue weighted by molar-refractivity contribution is -0.119. The van der Waals surface area contributed by atoms with Crippen LogP contribution in [0.1, 0.15) is 5.56 Å². The Labute approximate surface area is 128 Å². The van der Waals surface area contributed by atoms with Gasteiger partial charge in [-0.3, -0.25) is 4.79 Å². The summed E-state index contributed by atoms with van der Waals surface area (Å²) in [6, 6.07) is 13.4.